The van der Waals surface area contributed by atoms with Crippen LogP contribution in [0.5, 0.6) is 0 Å². The van der Waals surface area contributed by atoms with Gasteiger partial charge >= 0.3 is 10.4 Å². The van der Waals surface area contributed by atoms with Gasteiger partial charge in [-0.25, -0.2) is 0 Å². The zero-order valence-corrected chi connectivity index (χ0v) is 6.46. The Hall–Kier alpha value is -0.720. The molecule has 6 heteroatoms. The first-order valence-electron chi connectivity index (χ1n) is 2.91. The molecule has 2 N–H and O–H groups in total. The van der Waals surface area contributed by atoms with E-state index in [1.165, 1.54) is 12.2 Å². The van der Waals surface area contributed by atoms with Crippen LogP contribution in [-0.2, 0) is 10.4 Å². The smallest absolute Gasteiger partial charge is 0.158 e. The van der Waals surface area contributed by atoms with E-state index in [1.54, 1.807) is 6.08 Å². The van der Waals surface area contributed by atoms with Crippen molar-refractivity contribution < 1.29 is 16.3 Å². The Morgan fingerprint density at radius 1 is 1.45 bits per heavy atom. The highest BCUT2D eigenvalue weighted by Crippen LogP contribution is 2.14. The lowest BCUT2D eigenvalue weighted by molar-refractivity contribution is -0.761. The summed E-state index contributed by atoms with van der Waals surface area (Å²) in [5, 5.41) is 0. The average Bonchev–Trinajstić information content (AvgIpc) is 1.87. The van der Waals surface area contributed by atoms with Crippen molar-refractivity contribution in [3.05, 3.63) is 24.4 Å². The van der Waals surface area contributed by atoms with Gasteiger partial charge in [0.15, 0.2) is 0 Å². The van der Waals surface area contributed by atoms with Crippen molar-refractivity contribution >= 4 is 10.4 Å². The highest BCUT2D eigenvalue weighted by molar-refractivity contribution is 7.80. The molecule has 1 aliphatic heterocycles. The van der Waals surface area contributed by atoms with Gasteiger partial charge in [-0.3, -0.25) is 0 Å². The minimum Gasteiger partial charge on any atom is -0.158 e. The van der Waals surface area contributed by atoms with E-state index in [4.69, 9.17) is 5.84 Å². The fourth-order valence-corrected chi connectivity index (χ4v) is 1.20. The van der Waals surface area contributed by atoms with Crippen LogP contribution < -0.4 is 5.84 Å². The normalized spacial score (nSPS) is 30.7. The van der Waals surface area contributed by atoms with Gasteiger partial charge in [-0.2, -0.15) is 5.84 Å². The molecule has 1 aliphatic rings. The number of rotatable bonds is 1. The molecule has 0 aromatic rings. The lowest BCUT2D eigenvalue weighted by Gasteiger charge is -2.21. The quantitative estimate of drug-likeness (QED) is 0.349. The minimum atomic E-state index is -4.75. The second-order valence-electron chi connectivity index (χ2n) is 2.22. The third kappa shape index (κ3) is 1.47. The Morgan fingerprint density at radius 2 is 2.09 bits per heavy atom. The van der Waals surface area contributed by atoms with Crippen molar-refractivity contribution in [1.82, 2.24) is 0 Å². The molecule has 4 nitrogen and oxygen atoms in total. The Kier molecular flexibility index (Phi) is 1.83. The van der Waals surface area contributed by atoms with Crippen LogP contribution in [0.1, 0.15) is 0 Å². The summed E-state index contributed by atoms with van der Waals surface area (Å²) in [5.41, 5.74) is 0. The van der Waals surface area contributed by atoms with Crippen molar-refractivity contribution in [3.63, 3.8) is 0 Å². The van der Waals surface area contributed by atoms with E-state index in [9.17, 15) is 12.3 Å². The van der Waals surface area contributed by atoms with Gasteiger partial charge in [0, 0.05) is 0 Å². The molecule has 0 fully saturated rings. The highest BCUT2D eigenvalue weighted by Gasteiger charge is 2.37. The SMILES string of the molecule is N[N+]1(S(=O)(=O)F)C=CC=CC1. The molecule has 62 valence electrons. The van der Waals surface area contributed by atoms with Gasteiger partial charge in [0.25, 0.3) is 0 Å². The monoisotopic (exact) mass is 179 g/mol. The van der Waals surface area contributed by atoms with Crippen LogP contribution in [-0.4, -0.2) is 19.0 Å². The Bertz CT molecular complexity index is 308. The van der Waals surface area contributed by atoms with E-state index >= 15 is 0 Å². The summed E-state index contributed by atoms with van der Waals surface area (Å²) >= 11 is 0. The molecule has 0 aliphatic carbocycles. The summed E-state index contributed by atoms with van der Waals surface area (Å²) in [6.07, 6.45) is 5.56. The summed E-state index contributed by atoms with van der Waals surface area (Å²) in [4.78, 5) is 0. The molecule has 0 saturated carbocycles. The third-order valence-corrected chi connectivity index (χ3v) is 2.47. The molecular formula is C5H8FN2O2S+. The standard InChI is InChI=1S/C5H8FN2O2S/c6-11(9,10)8(7)4-2-1-3-5-8/h1-4H,5,7H2/q+1. The maximum Gasteiger partial charge on any atom is 0.498 e. The number of hydrogen-bond donors (Lipinski definition) is 1. The summed E-state index contributed by atoms with van der Waals surface area (Å²) < 4.78 is 32.0. The van der Waals surface area contributed by atoms with E-state index in [2.05, 4.69) is 0 Å². The van der Waals surface area contributed by atoms with Crippen molar-refractivity contribution in [2.24, 2.45) is 5.84 Å². The van der Waals surface area contributed by atoms with Crippen LogP contribution in [0.25, 0.3) is 0 Å². The van der Waals surface area contributed by atoms with Crippen LogP contribution in [0.15, 0.2) is 24.4 Å². The summed E-state index contributed by atoms with van der Waals surface area (Å²) in [7, 11) is -4.75. The maximum absolute atomic E-state index is 12.4. The van der Waals surface area contributed by atoms with Crippen molar-refractivity contribution in [2.45, 2.75) is 0 Å². The van der Waals surface area contributed by atoms with Crippen molar-refractivity contribution in [2.75, 3.05) is 6.54 Å². The lowest BCUT2D eigenvalue weighted by atomic mass is 10.4. The molecule has 1 rings (SSSR count). The van der Waals surface area contributed by atoms with Crippen molar-refractivity contribution in [3.8, 4) is 0 Å². The molecule has 0 radical (unpaired) electrons. The molecule has 0 bridgehead atoms. The second kappa shape index (κ2) is 2.40. The topological polar surface area (TPSA) is 60.2 Å². The van der Waals surface area contributed by atoms with E-state index in [0.717, 1.165) is 6.20 Å². The number of nitrogens with two attached hydrogens (primary N) is 1. The summed E-state index contributed by atoms with van der Waals surface area (Å²) in [6, 6.07) is 0. The first-order valence-corrected chi connectivity index (χ1v) is 4.25. The van der Waals surface area contributed by atoms with Gasteiger partial charge in [0.05, 0.1) is 0 Å². The lowest BCUT2D eigenvalue weighted by Crippen LogP contribution is -2.52. The largest absolute Gasteiger partial charge is 0.498 e. The van der Waals surface area contributed by atoms with Crippen LogP contribution in [0.4, 0.5) is 3.89 Å². The molecule has 0 amide bonds. The molecular weight excluding hydrogens is 171 g/mol. The van der Waals surface area contributed by atoms with E-state index < -0.39 is 14.4 Å². The van der Waals surface area contributed by atoms with Crippen LogP contribution in [0, 0.1) is 0 Å². The Balaban J connectivity index is 3.04. The number of allylic oxidation sites excluding steroid dienone is 2. The third-order valence-electron chi connectivity index (χ3n) is 1.38. The van der Waals surface area contributed by atoms with E-state index in [0.29, 0.717) is 0 Å². The first-order chi connectivity index (χ1) is 4.96. The van der Waals surface area contributed by atoms with E-state index in [-0.39, 0.29) is 6.54 Å². The summed E-state index contributed by atoms with van der Waals surface area (Å²) in [5.74, 6) is 5.17. The molecule has 1 atom stereocenters. The highest BCUT2D eigenvalue weighted by atomic mass is 32.3. The van der Waals surface area contributed by atoms with Crippen LogP contribution in [0.3, 0.4) is 0 Å². The van der Waals surface area contributed by atoms with Crippen LogP contribution >= 0.6 is 0 Å². The molecule has 0 spiro atoms. The molecule has 0 aromatic heterocycles. The molecule has 1 unspecified atom stereocenters. The average molecular weight is 179 g/mol. The Morgan fingerprint density at radius 3 is 2.36 bits per heavy atom. The number of nitrogens with zero attached hydrogens (tertiary/aromatic N) is 1. The summed E-state index contributed by atoms with van der Waals surface area (Å²) in [6.45, 7) is -0.0741. The number of halogens is 1. The van der Waals surface area contributed by atoms with Crippen LogP contribution in [0.2, 0.25) is 0 Å². The van der Waals surface area contributed by atoms with Gasteiger partial charge in [-0.15, -0.1) is 8.42 Å². The van der Waals surface area contributed by atoms with E-state index in [1.807, 2.05) is 0 Å². The number of hydrogen-bond acceptors (Lipinski definition) is 3. The van der Waals surface area contributed by atoms with Gasteiger partial charge < -0.3 is 0 Å². The predicted molar refractivity (Wildman–Crippen MR) is 37.6 cm³/mol. The second-order valence-corrected chi connectivity index (χ2v) is 3.72. The zero-order valence-electron chi connectivity index (χ0n) is 5.64. The molecule has 0 saturated heterocycles. The van der Waals surface area contributed by atoms with Gasteiger partial charge in [0.1, 0.15) is 12.7 Å². The minimum absolute atomic E-state index is 0.0741. The fraction of sp³-hybridized carbons (Fsp3) is 0.200. The Labute approximate surface area is 64.3 Å². The maximum atomic E-state index is 12.4. The molecule has 0 aromatic carbocycles. The first kappa shape index (κ1) is 8.38. The number of quaternary nitrogens is 1. The molecule has 11 heavy (non-hydrogen) atoms. The molecule has 1 heterocycles. The van der Waals surface area contributed by atoms with Gasteiger partial charge in [-0.05, 0) is 12.2 Å². The van der Waals surface area contributed by atoms with Crippen molar-refractivity contribution in [1.29, 1.82) is 0 Å². The van der Waals surface area contributed by atoms with Gasteiger partial charge in [0.2, 0.25) is 0 Å². The fourth-order valence-electron chi connectivity index (χ4n) is 0.722. The van der Waals surface area contributed by atoms with Gasteiger partial charge in [-0.1, -0.05) is 14.0 Å². The zero-order chi connectivity index (χ0) is 8.54. The predicted octanol–water partition coefficient (Wildman–Crippen LogP) is -0.0253.